The van der Waals surface area contributed by atoms with E-state index in [1.807, 2.05) is 18.2 Å². The molecule has 6 rings (SSSR count). The third-order valence-corrected chi connectivity index (χ3v) is 6.26. The summed E-state index contributed by atoms with van der Waals surface area (Å²) in [5, 5.41) is 4.80. The quantitative estimate of drug-likeness (QED) is 0.301. The van der Waals surface area contributed by atoms with Crippen molar-refractivity contribution in [1.29, 1.82) is 0 Å². The van der Waals surface area contributed by atoms with Crippen LogP contribution in [0.4, 0.5) is 10.7 Å². The van der Waals surface area contributed by atoms with Crippen LogP contribution >= 0.6 is 0 Å². The molecule has 0 unspecified atom stereocenters. The van der Waals surface area contributed by atoms with Crippen LogP contribution in [-0.2, 0) is 17.8 Å². The summed E-state index contributed by atoms with van der Waals surface area (Å²) in [6.45, 7) is 6.79. The van der Waals surface area contributed by atoms with Crippen molar-refractivity contribution in [3.63, 3.8) is 0 Å². The van der Waals surface area contributed by atoms with E-state index in [0.717, 1.165) is 10.4 Å². The van der Waals surface area contributed by atoms with Crippen LogP contribution in [0.2, 0.25) is 0 Å². The second kappa shape index (κ2) is 10.3. The van der Waals surface area contributed by atoms with Crippen molar-refractivity contribution in [2.75, 3.05) is 12.0 Å². The zero-order chi connectivity index (χ0) is 28.6. The Morgan fingerprint density at radius 3 is 2.59 bits per heavy atom. The number of benzene rings is 1. The fraction of sp³-hybridized carbons (Fsp3) is 0.233. The van der Waals surface area contributed by atoms with Gasteiger partial charge in [-0.2, -0.15) is 5.10 Å². The molecule has 0 amide bonds. The summed E-state index contributed by atoms with van der Waals surface area (Å²) in [5.41, 5.74) is 3.95. The maximum Gasteiger partial charge on any atom is 0.437 e. The average Bonchev–Trinajstić information content (AvgIpc) is 3.59. The van der Waals surface area contributed by atoms with Crippen molar-refractivity contribution in [3.8, 4) is 29.1 Å². The molecule has 41 heavy (non-hydrogen) atoms. The van der Waals surface area contributed by atoms with E-state index in [0.29, 0.717) is 52.8 Å². The highest BCUT2D eigenvalue weighted by Gasteiger charge is 2.23. The second-order valence-corrected chi connectivity index (χ2v) is 10.4. The van der Waals surface area contributed by atoms with E-state index in [9.17, 15) is 4.79 Å². The maximum absolute atomic E-state index is 12.4. The van der Waals surface area contributed by atoms with Crippen LogP contribution in [0.3, 0.4) is 0 Å². The van der Waals surface area contributed by atoms with Gasteiger partial charge in [-0.1, -0.05) is 12.0 Å². The molecule has 0 saturated heterocycles. The number of aromatic nitrogens is 7. The number of pyridine rings is 1. The largest absolute Gasteiger partial charge is 0.497 e. The van der Waals surface area contributed by atoms with Gasteiger partial charge in [-0.25, -0.2) is 29.7 Å². The van der Waals surface area contributed by atoms with Crippen LogP contribution in [0, 0.1) is 11.8 Å². The minimum atomic E-state index is -0.640. The SMILES string of the molecule is COc1ccc2c(c1)CN(c1nccc(-c3nccc(C#Cc4cnc5c(cnn5C(=O)OC(C)(C)C)c4)n3)n1)C2. The Kier molecular flexibility index (Phi) is 6.51. The Morgan fingerprint density at radius 2 is 1.76 bits per heavy atom. The maximum atomic E-state index is 12.4. The first-order chi connectivity index (χ1) is 19.8. The van der Waals surface area contributed by atoms with Crippen molar-refractivity contribution in [3.05, 3.63) is 83.6 Å². The van der Waals surface area contributed by atoms with Crippen molar-refractivity contribution in [1.82, 2.24) is 34.7 Å². The Bertz CT molecular complexity index is 1850. The van der Waals surface area contributed by atoms with Gasteiger partial charge in [0.15, 0.2) is 11.5 Å². The zero-order valence-electron chi connectivity index (χ0n) is 23.0. The van der Waals surface area contributed by atoms with Gasteiger partial charge in [0.2, 0.25) is 5.95 Å². The number of hydrogen-bond acceptors (Lipinski definition) is 10. The molecule has 11 heteroatoms. The van der Waals surface area contributed by atoms with Crippen LogP contribution in [0.1, 0.15) is 43.2 Å². The molecule has 204 valence electrons. The summed E-state index contributed by atoms with van der Waals surface area (Å²) in [7, 11) is 1.67. The molecular weight excluding hydrogens is 520 g/mol. The lowest BCUT2D eigenvalue weighted by Gasteiger charge is -2.18. The summed E-state index contributed by atoms with van der Waals surface area (Å²) >= 11 is 0. The van der Waals surface area contributed by atoms with Crippen LogP contribution in [-0.4, -0.2) is 53.5 Å². The number of anilines is 1. The van der Waals surface area contributed by atoms with E-state index in [1.165, 1.54) is 11.1 Å². The Labute approximate surface area is 236 Å². The summed E-state index contributed by atoms with van der Waals surface area (Å²) in [6.07, 6.45) is 5.91. The number of carbonyl (C=O) groups is 1. The highest BCUT2D eigenvalue weighted by Crippen LogP contribution is 2.29. The second-order valence-electron chi connectivity index (χ2n) is 10.4. The number of fused-ring (bicyclic) bond motifs is 2. The summed E-state index contributed by atoms with van der Waals surface area (Å²) in [4.78, 5) is 37.1. The van der Waals surface area contributed by atoms with Gasteiger partial charge in [0.25, 0.3) is 0 Å². The predicted molar refractivity (Wildman–Crippen MR) is 151 cm³/mol. The van der Waals surface area contributed by atoms with E-state index in [2.05, 4.69) is 47.8 Å². The van der Waals surface area contributed by atoms with Gasteiger partial charge in [0, 0.05) is 42.6 Å². The van der Waals surface area contributed by atoms with Crippen LogP contribution in [0.25, 0.3) is 22.6 Å². The molecule has 5 heterocycles. The molecule has 4 aromatic heterocycles. The Morgan fingerprint density at radius 1 is 0.927 bits per heavy atom. The Hall–Kier alpha value is -5.37. The number of hydrogen-bond donors (Lipinski definition) is 0. The highest BCUT2D eigenvalue weighted by molar-refractivity contribution is 5.85. The van der Waals surface area contributed by atoms with E-state index >= 15 is 0 Å². The van der Waals surface area contributed by atoms with E-state index in [-0.39, 0.29) is 0 Å². The van der Waals surface area contributed by atoms with Crippen molar-refractivity contribution >= 4 is 23.1 Å². The lowest BCUT2D eigenvalue weighted by atomic mass is 10.1. The first-order valence-electron chi connectivity index (χ1n) is 12.9. The molecule has 1 aliphatic heterocycles. The third-order valence-electron chi connectivity index (χ3n) is 6.26. The molecule has 0 N–H and O–H groups in total. The summed E-state index contributed by atoms with van der Waals surface area (Å²) in [5.74, 6) is 8.02. The molecule has 0 aliphatic carbocycles. The Balaban J connectivity index is 1.20. The smallest absolute Gasteiger partial charge is 0.437 e. The van der Waals surface area contributed by atoms with E-state index in [4.69, 9.17) is 14.5 Å². The molecule has 1 aromatic carbocycles. The number of ether oxygens (including phenoxy) is 2. The van der Waals surface area contributed by atoms with E-state index < -0.39 is 11.7 Å². The topological polar surface area (TPSA) is 121 Å². The van der Waals surface area contributed by atoms with Gasteiger partial charge in [0.05, 0.1) is 13.3 Å². The first kappa shape index (κ1) is 25.9. The number of carbonyl (C=O) groups excluding carboxylic acids is 1. The molecule has 0 spiro atoms. The molecule has 0 atom stereocenters. The summed E-state index contributed by atoms with van der Waals surface area (Å²) < 4.78 is 11.9. The molecule has 11 nitrogen and oxygen atoms in total. The molecule has 0 fully saturated rings. The van der Waals surface area contributed by atoms with Crippen molar-refractivity contribution < 1.29 is 14.3 Å². The van der Waals surface area contributed by atoms with Gasteiger partial charge in [-0.05, 0) is 68.2 Å². The van der Waals surface area contributed by atoms with Crippen LogP contribution in [0.5, 0.6) is 5.75 Å². The van der Waals surface area contributed by atoms with Crippen molar-refractivity contribution in [2.45, 2.75) is 39.5 Å². The third kappa shape index (κ3) is 5.53. The summed E-state index contributed by atoms with van der Waals surface area (Å²) in [6, 6.07) is 11.4. The first-order valence-corrected chi connectivity index (χ1v) is 12.9. The number of nitrogens with zero attached hydrogens (tertiary/aromatic N) is 8. The lowest BCUT2D eigenvalue weighted by Crippen LogP contribution is -2.27. The van der Waals surface area contributed by atoms with Crippen molar-refractivity contribution in [2.24, 2.45) is 0 Å². The predicted octanol–water partition coefficient (Wildman–Crippen LogP) is 4.39. The molecule has 0 bridgehead atoms. The molecule has 0 radical (unpaired) electrons. The normalized spacial score (nSPS) is 12.5. The van der Waals surface area contributed by atoms with Crippen LogP contribution < -0.4 is 9.64 Å². The van der Waals surface area contributed by atoms with Gasteiger partial charge in [-0.15, -0.1) is 4.68 Å². The fourth-order valence-electron chi connectivity index (χ4n) is 4.38. The van der Waals surface area contributed by atoms with Crippen LogP contribution in [0.15, 0.2) is 61.2 Å². The lowest BCUT2D eigenvalue weighted by molar-refractivity contribution is 0.0521. The van der Waals surface area contributed by atoms with Gasteiger partial charge in [0.1, 0.15) is 22.7 Å². The monoisotopic (exact) mass is 546 g/mol. The number of methoxy groups -OCH3 is 1. The minimum Gasteiger partial charge on any atom is -0.497 e. The van der Waals surface area contributed by atoms with E-state index in [1.54, 1.807) is 64.8 Å². The standard InChI is InChI=1S/C30H26N8O3/c1-30(2,3)41-29(39)38-27-21(16-34-38)13-19(15-33-27)5-7-23-9-11-31-26(35-23)25-10-12-32-28(36-25)37-17-20-6-8-24(40-4)14-22(20)18-37/h6,8-16H,17-18H2,1-4H3. The molecule has 0 saturated carbocycles. The molecular formula is C30H26N8O3. The minimum absolute atomic E-state index is 0.397. The van der Waals surface area contributed by atoms with Gasteiger partial charge in [-0.3, -0.25) is 0 Å². The fourth-order valence-corrected chi connectivity index (χ4v) is 4.38. The highest BCUT2D eigenvalue weighted by atomic mass is 16.6. The average molecular weight is 547 g/mol. The zero-order valence-corrected chi connectivity index (χ0v) is 23.0. The van der Waals surface area contributed by atoms with Gasteiger partial charge >= 0.3 is 6.09 Å². The van der Waals surface area contributed by atoms with Gasteiger partial charge < -0.3 is 14.4 Å². The molecule has 1 aliphatic rings. The molecule has 5 aromatic rings. The number of rotatable bonds is 3.